The molecule has 162 valence electrons. The molecule has 1 amide bonds. The Morgan fingerprint density at radius 1 is 1.12 bits per heavy atom. The minimum Gasteiger partial charge on any atom is -0.508 e. The Hall–Kier alpha value is -3.91. The van der Waals surface area contributed by atoms with Crippen LogP contribution in [0.1, 0.15) is 17.4 Å². The van der Waals surface area contributed by atoms with Gasteiger partial charge in [0.1, 0.15) is 23.9 Å². The van der Waals surface area contributed by atoms with E-state index in [1.165, 1.54) is 12.1 Å². The molecule has 2 aromatic heterocycles. The van der Waals surface area contributed by atoms with Crippen molar-refractivity contribution in [2.24, 2.45) is 0 Å². The average molecular weight is 432 g/mol. The number of nitrogens with zero attached hydrogens (tertiary/aromatic N) is 3. The third kappa shape index (κ3) is 3.88. The topological polar surface area (TPSA) is 83.4 Å². The molecular formula is C24H21FN4O3. The zero-order valence-electron chi connectivity index (χ0n) is 17.1. The number of carbonyl (C=O) groups excluding carboxylic acids is 1. The molecule has 8 heteroatoms. The van der Waals surface area contributed by atoms with Crippen molar-refractivity contribution in [2.75, 3.05) is 13.2 Å². The van der Waals surface area contributed by atoms with Gasteiger partial charge in [0.2, 0.25) is 0 Å². The normalized spacial score (nSPS) is 16.1. The lowest BCUT2D eigenvalue weighted by Gasteiger charge is -2.23. The summed E-state index contributed by atoms with van der Waals surface area (Å²) in [4.78, 5) is 17.5. The summed E-state index contributed by atoms with van der Waals surface area (Å²) in [5.41, 5.74) is 3.91. The number of rotatable bonds is 6. The molecule has 0 spiro atoms. The van der Waals surface area contributed by atoms with Crippen LogP contribution in [0, 0.1) is 5.82 Å². The molecule has 2 aromatic carbocycles. The van der Waals surface area contributed by atoms with Crippen LogP contribution in [-0.4, -0.2) is 43.8 Å². The number of amides is 1. The molecule has 0 radical (unpaired) electrons. The lowest BCUT2D eigenvalue weighted by Crippen LogP contribution is -2.30. The van der Waals surface area contributed by atoms with E-state index in [-0.39, 0.29) is 24.1 Å². The van der Waals surface area contributed by atoms with Gasteiger partial charge in [-0.25, -0.2) is 9.07 Å². The van der Waals surface area contributed by atoms with Crippen molar-refractivity contribution in [2.45, 2.75) is 12.6 Å². The SMILES string of the molecule is O=C1CO[C@H](c2cn(-c3ccc(F)cc3)nc2-c2ccc[nH]2)N1CCc1ccc(O)cc1. The van der Waals surface area contributed by atoms with Gasteiger partial charge in [0, 0.05) is 24.5 Å². The Morgan fingerprint density at radius 3 is 2.62 bits per heavy atom. The molecule has 7 nitrogen and oxygen atoms in total. The number of H-pyrrole nitrogens is 1. The predicted octanol–water partition coefficient (Wildman–Crippen LogP) is 3.81. The Morgan fingerprint density at radius 2 is 1.91 bits per heavy atom. The molecule has 2 N–H and O–H groups in total. The van der Waals surface area contributed by atoms with Crippen molar-refractivity contribution >= 4 is 5.91 Å². The van der Waals surface area contributed by atoms with Gasteiger partial charge in [0.25, 0.3) is 5.91 Å². The molecule has 5 rings (SSSR count). The molecule has 0 aliphatic carbocycles. The first-order valence-corrected chi connectivity index (χ1v) is 10.3. The number of hydrogen-bond donors (Lipinski definition) is 2. The highest BCUT2D eigenvalue weighted by molar-refractivity contribution is 5.80. The summed E-state index contributed by atoms with van der Waals surface area (Å²) in [5.74, 6) is -0.215. The molecule has 1 saturated heterocycles. The van der Waals surface area contributed by atoms with Gasteiger partial charge in [-0.3, -0.25) is 4.79 Å². The zero-order chi connectivity index (χ0) is 22.1. The first kappa shape index (κ1) is 20.0. The number of halogens is 1. The summed E-state index contributed by atoms with van der Waals surface area (Å²) in [7, 11) is 0. The van der Waals surface area contributed by atoms with Crippen LogP contribution < -0.4 is 0 Å². The Kier molecular flexibility index (Phi) is 5.20. The van der Waals surface area contributed by atoms with Crippen molar-refractivity contribution < 1.29 is 19.0 Å². The average Bonchev–Trinajstić information content (AvgIpc) is 3.53. The van der Waals surface area contributed by atoms with Crippen molar-refractivity contribution in [3.05, 3.63) is 90.0 Å². The first-order chi connectivity index (χ1) is 15.6. The molecule has 4 aromatic rings. The number of ether oxygens (including phenoxy) is 1. The van der Waals surface area contributed by atoms with Crippen LogP contribution in [0.4, 0.5) is 4.39 Å². The van der Waals surface area contributed by atoms with Crippen molar-refractivity contribution in [3.63, 3.8) is 0 Å². The van der Waals surface area contributed by atoms with Gasteiger partial charge in [0.15, 0.2) is 6.23 Å². The molecule has 3 heterocycles. The second-order valence-electron chi connectivity index (χ2n) is 7.60. The summed E-state index contributed by atoms with van der Waals surface area (Å²) in [6.45, 7) is 0.451. The second-order valence-corrected chi connectivity index (χ2v) is 7.60. The van der Waals surface area contributed by atoms with Gasteiger partial charge >= 0.3 is 0 Å². The zero-order valence-corrected chi connectivity index (χ0v) is 17.1. The van der Waals surface area contributed by atoms with Gasteiger partial charge in [-0.05, 0) is 60.5 Å². The smallest absolute Gasteiger partial charge is 0.250 e. The summed E-state index contributed by atoms with van der Waals surface area (Å²) in [6, 6.07) is 16.8. The standard InChI is InChI=1S/C24H21FN4O3/c25-17-5-7-18(8-6-17)29-14-20(23(27-29)21-2-1-12-26-21)24-28(22(31)15-32-24)13-11-16-3-9-19(30)10-4-16/h1-10,12,14,24,26,30H,11,13,15H2/t24-/m1/s1. The minimum absolute atomic E-state index is 0.00780. The number of nitrogens with one attached hydrogen (secondary N) is 1. The number of phenols is 1. The molecule has 1 aliphatic rings. The fourth-order valence-electron chi connectivity index (χ4n) is 3.85. The van der Waals surface area contributed by atoms with Crippen LogP contribution in [0.2, 0.25) is 0 Å². The third-order valence-corrected chi connectivity index (χ3v) is 5.50. The molecular weight excluding hydrogens is 411 g/mol. The molecule has 32 heavy (non-hydrogen) atoms. The maximum absolute atomic E-state index is 13.4. The van der Waals surface area contributed by atoms with E-state index in [1.807, 2.05) is 30.5 Å². The monoisotopic (exact) mass is 432 g/mol. The summed E-state index contributed by atoms with van der Waals surface area (Å²) >= 11 is 0. The van der Waals surface area contributed by atoms with Crippen LogP contribution in [-0.2, 0) is 16.0 Å². The lowest BCUT2D eigenvalue weighted by molar-refractivity contribution is -0.128. The van der Waals surface area contributed by atoms with E-state index < -0.39 is 6.23 Å². The van der Waals surface area contributed by atoms with Crippen LogP contribution in [0.5, 0.6) is 5.75 Å². The molecule has 0 bridgehead atoms. The summed E-state index contributed by atoms with van der Waals surface area (Å²) < 4.78 is 20.9. The van der Waals surface area contributed by atoms with Gasteiger partial charge in [-0.15, -0.1) is 0 Å². The highest BCUT2D eigenvalue weighted by Gasteiger charge is 2.36. The van der Waals surface area contributed by atoms with Crippen molar-refractivity contribution in [3.8, 4) is 22.8 Å². The van der Waals surface area contributed by atoms with E-state index >= 15 is 0 Å². The van der Waals surface area contributed by atoms with Crippen LogP contribution in [0.3, 0.4) is 0 Å². The highest BCUT2D eigenvalue weighted by atomic mass is 19.1. The number of aromatic amines is 1. The quantitative estimate of drug-likeness (QED) is 0.485. The highest BCUT2D eigenvalue weighted by Crippen LogP contribution is 2.34. The fraction of sp³-hybridized carbons (Fsp3) is 0.167. The Balaban J connectivity index is 1.48. The van der Waals surface area contributed by atoms with E-state index in [0.717, 1.165) is 16.8 Å². The van der Waals surface area contributed by atoms with E-state index in [0.29, 0.717) is 24.3 Å². The van der Waals surface area contributed by atoms with Crippen LogP contribution in [0.15, 0.2) is 73.1 Å². The fourth-order valence-corrected chi connectivity index (χ4v) is 3.85. The molecule has 1 fully saturated rings. The predicted molar refractivity (Wildman–Crippen MR) is 116 cm³/mol. The maximum Gasteiger partial charge on any atom is 0.250 e. The van der Waals surface area contributed by atoms with E-state index in [1.54, 1.807) is 40.0 Å². The van der Waals surface area contributed by atoms with Gasteiger partial charge in [-0.2, -0.15) is 5.10 Å². The minimum atomic E-state index is -0.591. The summed E-state index contributed by atoms with van der Waals surface area (Å²) in [5, 5.41) is 14.2. The number of aromatic hydroxyl groups is 1. The van der Waals surface area contributed by atoms with Gasteiger partial charge in [-0.1, -0.05) is 12.1 Å². The van der Waals surface area contributed by atoms with Gasteiger partial charge < -0.3 is 19.7 Å². The summed E-state index contributed by atoms with van der Waals surface area (Å²) in [6.07, 6.45) is 3.65. The number of aromatic nitrogens is 3. The molecule has 1 aliphatic heterocycles. The Bertz CT molecular complexity index is 1220. The second kappa shape index (κ2) is 8.32. The number of hydrogen-bond acceptors (Lipinski definition) is 4. The lowest BCUT2D eigenvalue weighted by atomic mass is 10.1. The largest absolute Gasteiger partial charge is 0.508 e. The van der Waals surface area contributed by atoms with E-state index in [2.05, 4.69) is 4.98 Å². The van der Waals surface area contributed by atoms with E-state index in [4.69, 9.17) is 9.84 Å². The third-order valence-electron chi connectivity index (χ3n) is 5.50. The first-order valence-electron chi connectivity index (χ1n) is 10.3. The number of carbonyl (C=O) groups is 1. The van der Waals surface area contributed by atoms with Crippen molar-refractivity contribution in [1.29, 1.82) is 0 Å². The maximum atomic E-state index is 13.4. The molecule has 0 unspecified atom stereocenters. The van der Waals surface area contributed by atoms with Crippen molar-refractivity contribution in [1.82, 2.24) is 19.7 Å². The Labute approximate surface area is 183 Å². The number of benzene rings is 2. The van der Waals surface area contributed by atoms with Gasteiger partial charge in [0.05, 0.1) is 11.4 Å². The molecule has 1 atom stereocenters. The number of phenolic OH excluding ortho intramolecular Hbond substituents is 1. The molecule has 0 saturated carbocycles. The van der Waals surface area contributed by atoms with Crippen LogP contribution >= 0.6 is 0 Å². The van der Waals surface area contributed by atoms with Crippen LogP contribution in [0.25, 0.3) is 17.1 Å². The van der Waals surface area contributed by atoms with E-state index in [9.17, 15) is 14.3 Å².